The monoisotopic (exact) mass is 333 g/mol. The summed E-state index contributed by atoms with van der Waals surface area (Å²) in [4.78, 5) is 0.261. The normalized spacial score (nSPS) is 19.9. The van der Waals surface area contributed by atoms with E-state index in [4.69, 9.17) is 21.1 Å². The number of methoxy groups -OCH3 is 2. The number of sulfonamides is 1. The van der Waals surface area contributed by atoms with Crippen LogP contribution in [-0.4, -0.2) is 46.6 Å². The topological polar surface area (TPSA) is 55.8 Å². The van der Waals surface area contributed by atoms with E-state index in [1.807, 2.05) is 0 Å². The molecule has 1 aromatic rings. The maximum atomic E-state index is 12.7. The first-order chi connectivity index (χ1) is 10.0. The molecule has 1 unspecified atom stereocenters. The van der Waals surface area contributed by atoms with Crippen LogP contribution in [0.4, 0.5) is 0 Å². The van der Waals surface area contributed by atoms with E-state index in [2.05, 4.69) is 0 Å². The third kappa shape index (κ3) is 3.51. The summed E-state index contributed by atoms with van der Waals surface area (Å²) in [5.41, 5.74) is 0.674. The molecule has 1 aromatic carbocycles. The van der Waals surface area contributed by atoms with Crippen LogP contribution in [-0.2, 0) is 20.6 Å². The summed E-state index contributed by atoms with van der Waals surface area (Å²) in [6.45, 7) is 1.61. The number of hydrogen-bond acceptors (Lipinski definition) is 4. The van der Waals surface area contributed by atoms with Gasteiger partial charge in [0.05, 0.1) is 24.5 Å². The van der Waals surface area contributed by atoms with Crippen molar-refractivity contribution in [2.24, 2.45) is 5.92 Å². The van der Waals surface area contributed by atoms with Crippen molar-refractivity contribution in [3.8, 4) is 5.75 Å². The summed E-state index contributed by atoms with van der Waals surface area (Å²) < 4.78 is 37.1. The summed E-state index contributed by atoms with van der Waals surface area (Å²) in [5.74, 6) is 1.07. The molecular weight excluding hydrogens is 314 g/mol. The van der Waals surface area contributed by atoms with E-state index in [-0.39, 0.29) is 16.7 Å². The van der Waals surface area contributed by atoms with E-state index in [0.29, 0.717) is 31.0 Å². The second kappa shape index (κ2) is 6.96. The van der Waals surface area contributed by atoms with E-state index >= 15 is 0 Å². The molecule has 1 heterocycles. The van der Waals surface area contributed by atoms with Gasteiger partial charge in [-0.15, -0.1) is 11.6 Å². The fraction of sp³-hybridized carbons (Fsp3) is 0.571. The van der Waals surface area contributed by atoms with Crippen LogP contribution in [0, 0.1) is 5.92 Å². The number of rotatable bonds is 6. The van der Waals surface area contributed by atoms with Crippen molar-refractivity contribution < 1.29 is 17.9 Å². The average Bonchev–Trinajstić information content (AvgIpc) is 2.96. The van der Waals surface area contributed by atoms with Crippen LogP contribution in [0.5, 0.6) is 5.75 Å². The zero-order valence-corrected chi connectivity index (χ0v) is 13.8. The Morgan fingerprint density at radius 2 is 2.14 bits per heavy atom. The van der Waals surface area contributed by atoms with Crippen LogP contribution in [0.2, 0.25) is 0 Å². The van der Waals surface area contributed by atoms with Gasteiger partial charge in [-0.3, -0.25) is 0 Å². The summed E-state index contributed by atoms with van der Waals surface area (Å²) in [6.07, 6.45) is 0.825. The average molecular weight is 334 g/mol. The lowest BCUT2D eigenvalue weighted by molar-refractivity contribution is 0.157. The van der Waals surface area contributed by atoms with E-state index in [1.165, 1.54) is 11.4 Å². The molecule has 21 heavy (non-hydrogen) atoms. The van der Waals surface area contributed by atoms with Crippen molar-refractivity contribution >= 4 is 21.6 Å². The summed E-state index contributed by atoms with van der Waals surface area (Å²) in [6, 6.07) is 4.80. The van der Waals surface area contributed by atoms with Gasteiger partial charge in [0.1, 0.15) is 5.75 Å². The Kier molecular flexibility index (Phi) is 5.48. The summed E-state index contributed by atoms with van der Waals surface area (Å²) >= 11 is 5.85. The second-order valence-electron chi connectivity index (χ2n) is 5.08. The number of hydrogen-bond donors (Lipinski definition) is 0. The highest BCUT2D eigenvalue weighted by atomic mass is 35.5. The summed E-state index contributed by atoms with van der Waals surface area (Å²) in [5, 5.41) is 0. The van der Waals surface area contributed by atoms with Gasteiger partial charge in [-0.1, -0.05) is 0 Å². The Bertz CT molecular complexity index is 591. The SMILES string of the molecule is COCC1CCN(S(=O)(=O)c2ccc(OC)c(CCl)c2)C1. The van der Waals surface area contributed by atoms with E-state index in [1.54, 1.807) is 25.3 Å². The summed E-state index contributed by atoms with van der Waals surface area (Å²) in [7, 11) is -0.315. The third-order valence-corrected chi connectivity index (χ3v) is 5.83. The van der Waals surface area contributed by atoms with Gasteiger partial charge in [0.15, 0.2) is 0 Å². The predicted molar refractivity (Wildman–Crippen MR) is 81.3 cm³/mol. The molecule has 0 aliphatic carbocycles. The number of ether oxygens (including phenoxy) is 2. The van der Waals surface area contributed by atoms with Gasteiger partial charge in [0.25, 0.3) is 0 Å². The molecule has 5 nitrogen and oxygen atoms in total. The van der Waals surface area contributed by atoms with Crippen molar-refractivity contribution in [2.75, 3.05) is 33.9 Å². The van der Waals surface area contributed by atoms with E-state index < -0.39 is 10.0 Å². The molecule has 0 N–H and O–H groups in total. The van der Waals surface area contributed by atoms with Gasteiger partial charge in [-0.25, -0.2) is 8.42 Å². The molecular formula is C14H20ClNO4S. The lowest BCUT2D eigenvalue weighted by Crippen LogP contribution is -2.29. The van der Waals surface area contributed by atoms with Crippen LogP contribution in [0.15, 0.2) is 23.1 Å². The highest BCUT2D eigenvalue weighted by Crippen LogP contribution is 2.28. The Hall–Kier alpha value is -0.820. The standard InChI is InChI=1S/C14H20ClNO4S/c1-19-10-11-5-6-16(9-11)21(17,18)13-3-4-14(20-2)12(7-13)8-15/h3-4,7,11H,5-6,8-10H2,1-2H3. The molecule has 0 radical (unpaired) electrons. The van der Waals surface area contributed by atoms with Gasteiger partial charge in [0, 0.05) is 25.8 Å². The van der Waals surface area contributed by atoms with Gasteiger partial charge in [-0.2, -0.15) is 4.31 Å². The highest BCUT2D eigenvalue weighted by Gasteiger charge is 2.32. The molecule has 0 aromatic heterocycles. The van der Waals surface area contributed by atoms with E-state index in [0.717, 1.165) is 6.42 Å². The van der Waals surface area contributed by atoms with Crippen molar-refractivity contribution in [3.63, 3.8) is 0 Å². The van der Waals surface area contributed by atoms with Gasteiger partial charge in [-0.05, 0) is 30.5 Å². The van der Waals surface area contributed by atoms with Gasteiger partial charge < -0.3 is 9.47 Å². The van der Waals surface area contributed by atoms with Crippen LogP contribution < -0.4 is 4.74 Å². The molecule has 0 bridgehead atoms. The quantitative estimate of drug-likeness (QED) is 0.748. The van der Waals surface area contributed by atoms with Gasteiger partial charge in [0.2, 0.25) is 10.0 Å². The fourth-order valence-electron chi connectivity index (χ4n) is 2.56. The molecule has 1 aliphatic rings. The number of benzene rings is 1. The van der Waals surface area contributed by atoms with Crippen molar-refractivity contribution in [2.45, 2.75) is 17.2 Å². The predicted octanol–water partition coefficient (Wildman–Crippen LogP) is 2.09. The molecule has 1 aliphatic heterocycles. The van der Waals surface area contributed by atoms with Crippen molar-refractivity contribution in [1.82, 2.24) is 4.31 Å². The first-order valence-corrected chi connectivity index (χ1v) is 8.72. The number of alkyl halides is 1. The molecule has 2 rings (SSSR count). The van der Waals surface area contributed by atoms with E-state index in [9.17, 15) is 8.42 Å². The molecule has 7 heteroatoms. The zero-order valence-electron chi connectivity index (χ0n) is 12.2. The Morgan fingerprint density at radius 1 is 1.38 bits per heavy atom. The smallest absolute Gasteiger partial charge is 0.243 e. The first kappa shape index (κ1) is 16.5. The Labute approximate surface area is 130 Å². The number of halogens is 1. The first-order valence-electron chi connectivity index (χ1n) is 6.75. The Morgan fingerprint density at radius 3 is 2.76 bits per heavy atom. The van der Waals surface area contributed by atoms with Crippen molar-refractivity contribution in [1.29, 1.82) is 0 Å². The van der Waals surface area contributed by atoms with Gasteiger partial charge >= 0.3 is 0 Å². The molecule has 1 fully saturated rings. The minimum absolute atomic E-state index is 0.207. The molecule has 0 spiro atoms. The molecule has 1 atom stereocenters. The van der Waals surface area contributed by atoms with Crippen LogP contribution in [0.3, 0.4) is 0 Å². The third-order valence-electron chi connectivity index (χ3n) is 3.68. The Balaban J connectivity index is 2.24. The largest absolute Gasteiger partial charge is 0.496 e. The maximum Gasteiger partial charge on any atom is 0.243 e. The lowest BCUT2D eigenvalue weighted by atomic mass is 10.1. The molecule has 118 valence electrons. The van der Waals surface area contributed by atoms with Crippen molar-refractivity contribution in [3.05, 3.63) is 23.8 Å². The number of nitrogens with zero attached hydrogens (tertiary/aromatic N) is 1. The minimum atomic E-state index is -3.48. The van der Waals surface area contributed by atoms with Crippen LogP contribution in [0.25, 0.3) is 0 Å². The highest BCUT2D eigenvalue weighted by molar-refractivity contribution is 7.89. The van der Waals surface area contributed by atoms with Crippen LogP contribution >= 0.6 is 11.6 Å². The molecule has 0 amide bonds. The maximum absolute atomic E-state index is 12.7. The van der Waals surface area contributed by atoms with Crippen LogP contribution in [0.1, 0.15) is 12.0 Å². The zero-order chi connectivity index (χ0) is 15.5. The minimum Gasteiger partial charge on any atom is -0.496 e. The lowest BCUT2D eigenvalue weighted by Gasteiger charge is -2.17. The second-order valence-corrected chi connectivity index (χ2v) is 7.29. The molecule has 1 saturated heterocycles. The fourth-order valence-corrected chi connectivity index (χ4v) is 4.35. The molecule has 0 saturated carbocycles.